The highest BCUT2D eigenvalue weighted by molar-refractivity contribution is 8.14. The molecule has 3 nitrogen and oxygen atoms in total. The van der Waals surface area contributed by atoms with Crippen molar-refractivity contribution in [1.82, 2.24) is 0 Å². The van der Waals surface area contributed by atoms with Gasteiger partial charge in [0, 0.05) is 5.75 Å². The van der Waals surface area contributed by atoms with Crippen molar-refractivity contribution in [3.05, 3.63) is 28.8 Å². The monoisotopic (exact) mass is 293 g/mol. The largest absolute Gasteiger partial charge is 0.417 e. The van der Waals surface area contributed by atoms with Crippen LogP contribution in [0.4, 0.5) is 18.9 Å². The van der Waals surface area contributed by atoms with E-state index < -0.39 is 11.7 Å². The highest BCUT2D eigenvalue weighted by atomic mass is 35.5. The van der Waals surface area contributed by atoms with Crippen LogP contribution in [-0.4, -0.2) is 17.5 Å². The van der Waals surface area contributed by atoms with Crippen molar-refractivity contribution in [2.75, 3.05) is 12.3 Å². The lowest BCUT2D eigenvalue weighted by Crippen LogP contribution is -2.05. The molecule has 0 amide bonds. The fraction of sp³-hybridized carbons (Fsp3) is 0.300. The van der Waals surface area contributed by atoms with Gasteiger partial charge >= 0.3 is 6.18 Å². The molecule has 0 aliphatic carbocycles. The Kier molecular flexibility index (Phi) is 3.91. The zero-order valence-corrected chi connectivity index (χ0v) is 10.5. The number of thioether (sulfide) groups is 1. The average molecular weight is 294 g/mol. The van der Waals surface area contributed by atoms with Crippen molar-refractivity contribution in [2.45, 2.75) is 6.18 Å². The Hall–Kier alpha value is -1.08. The molecular weight excluding hydrogens is 287 g/mol. The summed E-state index contributed by atoms with van der Waals surface area (Å²) in [6.45, 7) is 0.687. The third kappa shape index (κ3) is 3.23. The molecule has 1 aromatic carbocycles. The van der Waals surface area contributed by atoms with Gasteiger partial charge in [-0.05, 0) is 18.2 Å². The third-order valence-electron chi connectivity index (χ3n) is 2.08. The van der Waals surface area contributed by atoms with Gasteiger partial charge in [-0.2, -0.15) is 13.2 Å². The lowest BCUT2D eigenvalue weighted by molar-refractivity contribution is -0.137. The van der Waals surface area contributed by atoms with Gasteiger partial charge in [0.25, 0.3) is 0 Å². The molecule has 0 fully saturated rings. The minimum Gasteiger partial charge on any atom is -0.258 e. The quantitative estimate of drug-likeness (QED) is 0.700. The maximum Gasteiger partial charge on any atom is 0.417 e. The number of aliphatic imine (C=N–C) groups is 1. The Morgan fingerprint density at radius 3 is 2.61 bits per heavy atom. The zero-order chi connectivity index (χ0) is 13.2. The Balaban J connectivity index is 2.19. The van der Waals surface area contributed by atoms with Gasteiger partial charge in [0.05, 0.1) is 22.8 Å². The number of azo groups is 1. The number of rotatable bonds is 1. The summed E-state index contributed by atoms with van der Waals surface area (Å²) in [6.07, 6.45) is -4.46. The summed E-state index contributed by atoms with van der Waals surface area (Å²) >= 11 is 7.00. The Morgan fingerprint density at radius 1 is 1.28 bits per heavy atom. The van der Waals surface area contributed by atoms with Gasteiger partial charge in [0.1, 0.15) is 0 Å². The Morgan fingerprint density at radius 2 is 2.06 bits per heavy atom. The van der Waals surface area contributed by atoms with Crippen LogP contribution in [0.25, 0.3) is 0 Å². The van der Waals surface area contributed by atoms with Crippen molar-refractivity contribution in [1.29, 1.82) is 0 Å². The number of hydrogen-bond acceptors (Lipinski definition) is 4. The number of benzene rings is 1. The van der Waals surface area contributed by atoms with E-state index in [0.29, 0.717) is 11.7 Å². The van der Waals surface area contributed by atoms with Crippen LogP contribution in [0.3, 0.4) is 0 Å². The molecule has 0 N–H and O–H groups in total. The van der Waals surface area contributed by atoms with E-state index in [1.807, 2.05) is 0 Å². The molecule has 8 heteroatoms. The van der Waals surface area contributed by atoms with Gasteiger partial charge in [0.15, 0.2) is 0 Å². The predicted octanol–water partition coefficient (Wildman–Crippen LogP) is 4.55. The molecule has 0 bridgehead atoms. The van der Waals surface area contributed by atoms with Crippen LogP contribution in [0.15, 0.2) is 33.4 Å². The first-order chi connectivity index (χ1) is 8.47. The number of amidine groups is 1. The van der Waals surface area contributed by atoms with Crippen LogP contribution in [0.5, 0.6) is 0 Å². The topological polar surface area (TPSA) is 37.1 Å². The van der Waals surface area contributed by atoms with Gasteiger partial charge in [0.2, 0.25) is 5.17 Å². The molecule has 1 aromatic rings. The first-order valence-corrected chi connectivity index (χ1v) is 6.29. The second-order valence-electron chi connectivity index (χ2n) is 3.37. The van der Waals surface area contributed by atoms with Gasteiger partial charge in [-0.3, -0.25) is 4.99 Å². The summed E-state index contributed by atoms with van der Waals surface area (Å²) in [6, 6.07) is 3.24. The summed E-state index contributed by atoms with van der Waals surface area (Å²) in [5.41, 5.74) is -0.612. The van der Waals surface area contributed by atoms with E-state index in [4.69, 9.17) is 11.6 Å². The van der Waals surface area contributed by atoms with E-state index in [1.54, 1.807) is 0 Å². The van der Waals surface area contributed by atoms with E-state index in [9.17, 15) is 13.2 Å². The summed E-state index contributed by atoms with van der Waals surface area (Å²) < 4.78 is 37.4. The summed E-state index contributed by atoms with van der Waals surface area (Å²) in [7, 11) is 0. The number of alkyl halides is 3. The van der Waals surface area contributed by atoms with Crippen LogP contribution in [0.2, 0.25) is 5.02 Å². The second kappa shape index (κ2) is 5.27. The normalized spacial score (nSPS) is 16.3. The van der Waals surface area contributed by atoms with Crippen molar-refractivity contribution in [3.63, 3.8) is 0 Å². The Bertz CT molecular complexity index is 514. The summed E-state index contributed by atoms with van der Waals surface area (Å²) in [5, 5.41) is 7.76. The molecule has 96 valence electrons. The number of halogens is 4. The van der Waals surface area contributed by atoms with Gasteiger partial charge < -0.3 is 0 Å². The SMILES string of the molecule is FC(F)(F)c1ccc(N=NC2=NCCS2)cc1Cl. The highest BCUT2D eigenvalue weighted by Crippen LogP contribution is 2.36. The van der Waals surface area contributed by atoms with Gasteiger partial charge in [-0.1, -0.05) is 23.4 Å². The van der Waals surface area contributed by atoms with Crippen LogP contribution >= 0.6 is 23.4 Å². The fourth-order valence-corrected chi connectivity index (χ4v) is 2.21. The minimum atomic E-state index is -4.46. The molecular formula is C10H7ClF3N3S. The van der Waals surface area contributed by atoms with E-state index in [-0.39, 0.29) is 10.7 Å². The highest BCUT2D eigenvalue weighted by Gasteiger charge is 2.33. The number of hydrogen-bond donors (Lipinski definition) is 0. The first-order valence-electron chi connectivity index (χ1n) is 4.92. The van der Waals surface area contributed by atoms with Crippen LogP contribution in [0, 0.1) is 0 Å². The molecule has 0 aromatic heterocycles. The van der Waals surface area contributed by atoms with E-state index >= 15 is 0 Å². The summed E-state index contributed by atoms with van der Waals surface area (Å²) in [4.78, 5) is 4.04. The first kappa shape index (κ1) is 13.4. The average Bonchev–Trinajstić information content (AvgIpc) is 2.77. The van der Waals surface area contributed by atoms with Crippen LogP contribution in [-0.2, 0) is 6.18 Å². The molecule has 2 rings (SSSR count). The molecule has 0 unspecified atom stereocenters. The maximum absolute atomic E-state index is 12.5. The van der Waals surface area contributed by atoms with Gasteiger partial charge in [-0.25, -0.2) is 0 Å². The van der Waals surface area contributed by atoms with Crippen molar-refractivity contribution < 1.29 is 13.2 Å². The smallest absolute Gasteiger partial charge is 0.258 e. The van der Waals surface area contributed by atoms with Gasteiger partial charge in [-0.15, -0.1) is 10.2 Å². The molecule has 1 aliphatic rings. The zero-order valence-electron chi connectivity index (χ0n) is 8.91. The lowest BCUT2D eigenvalue weighted by Gasteiger charge is -2.08. The molecule has 0 spiro atoms. The third-order valence-corrected chi connectivity index (χ3v) is 3.25. The predicted molar refractivity (Wildman–Crippen MR) is 65.7 cm³/mol. The van der Waals surface area contributed by atoms with Crippen molar-refractivity contribution in [3.8, 4) is 0 Å². The second-order valence-corrected chi connectivity index (χ2v) is 4.84. The van der Waals surface area contributed by atoms with E-state index in [1.165, 1.54) is 17.8 Å². The summed E-state index contributed by atoms with van der Waals surface area (Å²) in [5.74, 6) is 0.849. The van der Waals surface area contributed by atoms with Crippen molar-refractivity contribution >= 4 is 34.2 Å². The molecule has 1 heterocycles. The van der Waals surface area contributed by atoms with E-state index in [0.717, 1.165) is 17.9 Å². The number of nitrogens with zero attached hydrogens (tertiary/aromatic N) is 3. The Labute approximate surface area is 110 Å². The van der Waals surface area contributed by atoms with Crippen molar-refractivity contribution in [2.24, 2.45) is 15.2 Å². The standard InChI is InChI=1S/C10H7ClF3N3S/c11-8-5-6(1-2-7(8)10(12,13)14)16-17-9-15-3-4-18-9/h1-2,5H,3-4H2. The lowest BCUT2D eigenvalue weighted by atomic mass is 10.2. The molecule has 0 radical (unpaired) electrons. The molecule has 0 saturated heterocycles. The molecule has 18 heavy (non-hydrogen) atoms. The van der Waals surface area contributed by atoms with E-state index in [2.05, 4.69) is 15.2 Å². The van der Waals surface area contributed by atoms with Crippen LogP contribution in [0.1, 0.15) is 5.56 Å². The minimum absolute atomic E-state index is 0.267. The maximum atomic E-state index is 12.5. The van der Waals surface area contributed by atoms with Crippen LogP contribution < -0.4 is 0 Å². The molecule has 0 saturated carbocycles. The molecule has 1 aliphatic heterocycles. The fourth-order valence-electron chi connectivity index (χ4n) is 1.28. The molecule has 0 atom stereocenters.